The Kier molecular flexibility index (Phi) is 5.00. The van der Waals surface area contributed by atoms with Gasteiger partial charge in [-0.05, 0) is 44.4 Å². The quantitative estimate of drug-likeness (QED) is 0.722. The van der Waals surface area contributed by atoms with Crippen molar-refractivity contribution < 1.29 is 36.0 Å². The second-order valence-corrected chi connectivity index (χ2v) is 10.3. The number of alkyl halides is 3. The Labute approximate surface area is 177 Å². The molecule has 8 nitrogen and oxygen atoms in total. The van der Waals surface area contributed by atoms with E-state index in [0.29, 0.717) is 12.4 Å². The van der Waals surface area contributed by atoms with Gasteiger partial charge < -0.3 is 14.5 Å². The predicted octanol–water partition coefficient (Wildman–Crippen LogP) is 2.16. The minimum absolute atomic E-state index is 0.124. The highest BCUT2D eigenvalue weighted by Gasteiger charge is 2.66. The molecule has 1 aromatic carbocycles. The van der Waals surface area contributed by atoms with Crippen molar-refractivity contribution in [3.63, 3.8) is 0 Å². The van der Waals surface area contributed by atoms with Crippen LogP contribution in [0.4, 0.5) is 13.2 Å². The number of sulfone groups is 1. The van der Waals surface area contributed by atoms with Crippen LogP contribution in [-0.4, -0.2) is 62.9 Å². The lowest BCUT2D eigenvalue weighted by atomic mass is 10.1. The highest BCUT2D eigenvalue weighted by atomic mass is 32.2. The summed E-state index contributed by atoms with van der Waals surface area (Å²) in [7, 11) is -3.69. The molecule has 1 aromatic rings. The first-order valence-electron chi connectivity index (χ1n) is 9.69. The number of halogens is 3. The normalized spacial score (nSPS) is 28.6. The zero-order valence-electron chi connectivity index (χ0n) is 17.1. The molecule has 12 heteroatoms. The number of hydrogen-bond acceptors (Lipinski definition) is 7. The molecule has 2 heterocycles. The molecule has 2 aliphatic heterocycles. The number of piperidine rings is 1. The number of likely N-dealkylation sites (tertiary alicyclic amines) is 1. The van der Waals surface area contributed by atoms with Gasteiger partial charge in [0.25, 0.3) is 5.91 Å². The first-order valence-corrected chi connectivity index (χ1v) is 11.6. The van der Waals surface area contributed by atoms with Gasteiger partial charge in [-0.1, -0.05) is 0 Å². The average molecular weight is 461 g/mol. The lowest BCUT2D eigenvalue weighted by Gasteiger charge is -2.24. The van der Waals surface area contributed by atoms with Crippen molar-refractivity contribution in [2.24, 2.45) is 16.3 Å². The number of nitrogens with zero attached hydrogens (tertiary/aromatic N) is 2. The minimum Gasteiger partial charge on any atom is -0.480 e. The van der Waals surface area contributed by atoms with Crippen LogP contribution >= 0.6 is 0 Å². The molecule has 1 saturated heterocycles. The number of hydrogen-bond donors (Lipinski definition) is 1. The van der Waals surface area contributed by atoms with Crippen LogP contribution in [0, 0.1) is 11.3 Å². The highest BCUT2D eigenvalue weighted by molar-refractivity contribution is 7.90. The number of amides is 1. The summed E-state index contributed by atoms with van der Waals surface area (Å²) in [5, 5.41) is 0. The molecule has 4 atom stereocenters. The topological polar surface area (TPSA) is 97.3 Å². The van der Waals surface area contributed by atoms with E-state index in [1.165, 1.54) is 4.90 Å². The Morgan fingerprint density at radius 1 is 1.42 bits per heavy atom. The zero-order valence-corrected chi connectivity index (χ0v) is 17.9. The Morgan fingerprint density at radius 2 is 2.13 bits per heavy atom. The first kappa shape index (κ1) is 21.9. The number of rotatable bonds is 5. The van der Waals surface area contributed by atoms with Crippen molar-refractivity contribution in [3.05, 3.63) is 23.8 Å². The Bertz CT molecular complexity index is 1060. The summed E-state index contributed by atoms with van der Waals surface area (Å²) in [5.41, 5.74) is 2.10. The molecular formula is C19H22F3N3O5S. The van der Waals surface area contributed by atoms with E-state index in [0.717, 1.165) is 37.8 Å². The molecule has 1 N–H and O–H groups in total. The van der Waals surface area contributed by atoms with E-state index in [1.807, 2.05) is 6.92 Å². The van der Waals surface area contributed by atoms with Crippen LogP contribution in [0.25, 0.3) is 0 Å². The maximum absolute atomic E-state index is 13.2. The first-order chi connectivity index (χ1) is 14.3. The third-order valence-corrected chi connectivity index (χ3v) is 6.98. The summed E-state index contributed by atoms with van der Waals surface area (Å²) in [5.74, 6) is -0.270. The highest BCUT2D eigenvalue weighted by Crippen LogP contribution is 2.59. The van der Waals surface area contributed by atoms with E-state index in [1.54, 1.807) is 0 Å². The van der Waals surface area contributed by atoms with Crippen molar-refractivity contribution in [2.75, 3.05) is 19.3 Å². The van der Waals surface area contributed by atoms with Crippen molar-refractivity contribution in [1.82, 2.24) is 10.4 Å². The summed E-state index contributed by atoms with van der Waals surface area (Å²) in [6.45, 7) is 3.29. The number of fused-ring (bicyclic) bond motifs is 1. The number of hydroxylamine groups is 1. The van der Waals surface area contributed by atoms with Gasteiger partial charge in [0.05, 0.1) is 15.9 Å². The molecule has 3 aliphatic rings. The van der Waals surface area contributed by atoms with Gasteiger partial charge in [-0.3, -0.25) is 4.79 Å². The van der Waals surface area contributed by atoms with Crippen LogP contribution in [-0.2, 0) is 14.7 Å². The van der Waals surface area contributed by atoms with Crippen LogP contribution in [0.3, 0.4) is 0 Å². The molecule has 1 amide bonds. The molecule has 4 rings (SSSR count). The number of ether oxygens (including phenoxy) is 1. The van der Waals surface area contributed by atoms with Gasteiger partial charge in [0.15, 0.2) is 15.9 Å². The summed E-state index contributed by atoms with van der Waals surface area (Å²) in [4.78, 5) is 24.4. The maximum Gasteiger partial charge on any atom is 0.425 e. The van der Waals surface area contributed by atoms with Crippen molar-refractivity contribution >= 4 is 21.6 Å². The molecule has 3 unspecified atom stereocenters. The van der Waals surface area contributed by atoms with Gasteiger partial charge in [0.2, 0.25) is 5.90 Å². The molecule has 2 fully saturated rings. The fourth-order valence-corrected chi connectivity index (χ4v) is 4.65. The Hall–Kier alpha value is -2.34. The van der Waals surface area contributed by atoms with Crippen LogP contribution in [0.2, 0.25) is 0 Å². The van der Waals surface area contributed by atoms with E-state index >= 15 is 0 Å². The molecule has 0 aromatic heterocycles. The summed E-state index contributed by atoms with van der Waals surface area (Å²) >= 11 is 0. The average Bonchev–Trinajstić information content (AvgIpc) is 2.99. The molecule has 0 radical (unpaired) electrons. The number of carbonyl (C=O) groups is 1. The minimum atomic E-state index is -4.64. The smallest absolute Gasteiger partial charge is 0.425 e. The Balaban J connectivity index is 1.63. The maximum atomic E-state index is 13.2. The van der Waals surface area contributed by atoms with Gasteiger partial charge in [0, 0.05) is 19.3 Å². The standard InChI is InChI=1S/C19H22F3N3O5S/c1-10(19(20,21)22)29-15-5-4-13(31(3,27)28)6-14(15)16(26)25-8-12-7-18(12,9-25)17-23-11(2)24-30-17/h4-6,10-12,24H,7-9H2,1-3H3/t10-,11?,12?,18?/m0/s1. The van der Waals surface area contributed by atoms with Crippen LogP contribution in [0.5, 0.6) is 5.75 Å². The van der Waals surface area contributed by atoms with Gasteiger partial charge in [0.1, 0.15) is 11.9 Å². The van der Waals surface area contributed by atoms with E-state index in [9.17, 15) is 26.4 Å². The molecule has 1 saturated carbocycles. The van der Waals surface area contributed by atoms with Gasteiger partial charge >= 0.3 is 6.18 Å². The summed E-state index contributed by atoms with van der Waals surface area (Å²) in [6, 6.07) is 3.29. The number of nitrogens with one attached hydrogen (secondary N) is 1. The van der Waals surface area contributed by atoms with Crippen molar-refractivity contribution in [3.8, 4) is 5.75 Å². The summed E-state index contributed by atoms with van der Waals surface area (Å²) in [6.07, 6.45) is -5.27. The lowest BCUT2D eigenvalue weighted by molar-refractivity contribution is -0.189. The molecule has 170 valence electrons. The monoisotopic (exact) mass is 461 g/mol. The zero-order chi connectivity index (χ0) is 22.8. The van der Waals surface area contributed by atoms with Gasteiger partial charge in [-0.25, -0.2) is 13.4 Å². The van der Waals surface area contributed by atoms with Crippen LogP contribution < -0.4 is 10.2 Å². The summed E-state index contributed by atoms with van der Waals surface area (Å²) < 4.78 is 67.9. The number of carbonyl (C=O) groups excluding carboxylic acids is 1. The molecule has 1 aliphatic carbocycles. The number of aliphatic imine (C=N–C) groups is 1. The third-order valence-electron chi connectivity index (χ3n) is 5.87. The van der Waals surface area contributed by atoms with E-state index in [4.69, 9.17) is 9.57 Å². The molecular weight excluding hydrogens is 439 g/mol. The third kappa shape index (κ3) is 3.98. The second-order valence-electron chi connectivity index (χ2n) is 8.30. The largest absolute Gasteiger partial charge is 0.480 e. The molecule has 31 heavy (non-hydrogen) atoms. The SMILES string of the molecule is CC1N=C(C23CC2CN(C(=O)c2cc(S(C)(=O)=O)ccc2O[C@@H](C)C(F)(F)F)C3)ON1. The van der Waals surface area contributed by atoms with E-state index in [2.05, 4.69) is 10.5 Å². The molecule has 0 spiro atoms. The van der Waals surface area contributed by atoms with E-state index in [-0.39, 0.29) is 34.8 Å². The van der Waals surface area contributed by atoms with Crippen LogP contribution in [0.1, 0.15) is 30.6 Å². The van der Waals surface area contributed by atoms with Crippen molar-refractivity contribution in [1.29, 1.82) is 0 Å². The fraction of sp³-hybridized carbons (Fsp3) is 0.579. The van der Waals surface area contributed by atoms with Gasteiger partial charge in [-0.15, -0.1) is 5.48 Å². The second kappa shape index (κ2) is 7.09. The van der Waals surface area contributed by atoms with Gasteiger partial charge in [-0.2, -0.15) is 13.2 Å². The predicted molar refractivity (Wildman–Crippen MR) is 103 cm³/mol. The van der Waals surface area contributed by atoms with Crippen LogP contribution in [0.15, 0.2) is 28.1 Å². The lowest BCUT2D eigenvalue weighted by Crippen LogP contribution is -2.36. The van der Waals surface area contributed by atoms with Crippen molar-refractivity contribution in [2.45, 2.75) is 43.6 Å². The Morgan fingerprint density at radius 3 is 2.71 bits per heavy atom. The number of benzene rings is 1. The fourth-order valence-electron chi connectivity index (χ4n) is 4.01. The van der Waals surface area contributed by atoms with E-state index < -0.39 is 33.4 Å². The molecule has 0 bridgehead atoms.